The van der Waals surface area contributed by atoms with Crippen molar-refractivity contribution in [3.8, 4) is 67.5 Å². The minimum absolute atomic E-state index is 0.0583. The fourth-order valence-corrected chi connectivity index (χ4v) is 14.2. The predicted molar refractivity (Wildman–Crippen MR) is 350 cm³/mol. The molecule has 442 valence electrons. The van der Waals surface area contributed by atoms with Crippen LogP contribution in [0.5, 0.6) is 23.0 Å². The van der Waals surface area contributed by atoms with E-state index in [1.807, 2.05) is 85.8 Å². The number of Topliss-reactive ketones (excluding diaryl/α,β-unsaturated/α-hetero) is 6. The summed E-state index contributed by atoms with van der Waals surface area (Å²) in [4.78, 5) is 71.8. The summed E-state index contributed by atoms with van der Waals surface area (Å²) in [6, 6.07) is 39.9. The maximum atomic E-state index is 12.4. The molecule has 8 aliphatic rings. The lowest BCUT2D eigenvalue weighted by Crippen LogP contribution is -2.23. The van der Waals surface area contributed by atoms with Crippen molar-refractivity contribution in [3.05, 3.63) is 216 Å². The van der Waals surface area contributed by atoms with Gasteiger partial charge < -0.3 is 18.9 Å². The molecule has 1 atom stereocenters. The smallest absolute Gasteiger partial charge is 0.176 e. The van der Waals surface area contributed by atoms with Gasteiger partial charge in [0, 0.05) is 79.9 Å². The molecule has 0 bridgehead atoms. The van der Waals surface area contributed by atoms with Gasteiger partial charge in [-0.3, -0.25) is 28.8 Å². The van der Waals surface area contributed by atoms with E-state index in [0.717, 1.165) is 191 Å². The van der Waals surface area contributed by atoms with E-state index in [2.05, 4.69) is 80.9 Å². The lowest BCUT2D eigenvalue weighted by Gasteiger charge is -2.26. The molecular weight excluding hydrogens is 1260 g/mol. The molecule has 4 aliphatic carbocycles. The van der Waals surface area contributed by atoms with Gasteiger partial charge in [0.2, 0.25) is 0 Å². The van der Waals surface area contributed by atoms with Gasteiger partial charge in [0.1, 0.15) is 49.4 Å². The first-order valence-corrected chi connectivity index (χ1v) is 32.4. The second-order valence-corrected chi connectivity index (χ2v) is 25.8. The Labute approximate surface area is 532 Å². The molecule has 1 unspecified atom stereocenters. The van der Waals surface area contributed by atoms with E-state index in [-0.39, 0.29) is 39.5 Å². The van der Waals surface area contributed by atoms with Crippen LogP contribution >= 0.6 is 43.5 Å². The quantitative estimate of drug-likeness (QED) is 0.124. The average molecular weight is 1320 g/mol. The fourth-order valence-electron chi connectivity index (χ4n) is 13.2. The van der Waals surface area contributed by atoms with Crippen molar-refractivity contribution in [3.63, 3.8) is 0 Å². The number of carbonyl (C=O) groups is 6. The normalized spacial score (nSPS) is 16.3. The maximum absolute atomic E-state index is 12.4. The Balaban J connectivity index is 0.000000108. The third-order valence-corrected chi connectivity index (χ3v) is 19.5. The van der Waals surface area contributed by atoms with Crippen molar-refractivity contribution in [1.29, 1.82) is 0 Å². The molecule has 0 radical (unpaired) electrons. The highest BCUT2D eigenvalue weighted by Gasteiger charge is 2.31. The Kier molecular flexibility index (Phi) is 16.4. The van der Waals surface area contributed by atoms with Crippen LogP contribution in [0.25, 0.3) is 50.1 Å². The number of alkyl halides is 2. The summed E-state index contributed by atoms with van der Waals surface area (Å²) >= 11 is 12.7. The van der Waals surface area contributed by atoms with Crippen molar-refractivity contribution >= 4 is 83.7 Å². The van der Waals surface area contributed by atoms with Gasteiger partial charge >= 0.3 is 0 Å². The molecule has 8 aromatic rings. The third-order valence-electron chi connectivity index (χ3n) is 17.9. The number of aryl methyl sites for hydroxylation is 4. The van der Waals surface area contributed by atoms with Crippen molar-refractivity contribution < 1.29 is 47.7 Å². The molecule has 0 saturated carbocycles. The van der Waals surface area contributed by atoms with Gasteiger partial charge in [-0.25, -0.2) is 0 Å². The number of halogens is 3. The average Bonchev–Trinajstić information content (AvgIpc) is 1.16. The molecule has 0 fully saturated rings. The van der Waals surface area contributed by atoms with E-state index in [4.69, 9.17) is 30.5 Å². The summed E-state index contributed by atoms with van der Waals surface area (Å²) in [7, 11) is 0. The number of carbonyl (C=O) groups excluding carboxylic acids is 6. The topological polar surface area (TPSA) is 139 Å². The number of fused-ring (bicyclic) bond motifs is 16. The Hall–Kier alpha value is -8.03. The van der Waals surface area contributed by atoms with Gasteiger partial charge in [0.05, 0.1) is 10.2 Å². The zero-order valence-electron chi connectivity index (χ0n) is 48.9. The van der Waals surface area contributed by atoms with Crippen LogP contribution in [-0.2, 0) is 52.1 Å². The SMILES string of the molecule is C=C(C)c1ccc2c(c1)COc1cc3c(cc1-2)CCCC3=O.CC(=O)c1ccc2c(c1)COc1cc3c(cc1-2)CCCC3=O.O=C(CBr)c1ccc2c(c1)COc1cc3c(cc1-2)CCC(Br)C3=O.O=C1CCCc2cc3c(cc21)OCc1cc(Cl)ccc1-3. The molecule has 16 rings (SSSR count). The van der Waals surface area contributed by atoms with Crippen LogP contribution in [0, 0.1) is 0 Å². The minimum Gasteiger partial charge on any atom is -0.488 e. The number of ketones is 6. The van der Waals surface area contributed by atoms with Gasteiger partial charge in [-0.05, 0) is 216 Å². The number of hydrogen-bond acceptors (Lipinski definition) is 10. The number of ether oxygens (including phenoxy) is 4. The van der Waals surface area contributed by atoms with Crippen molar-refractivity contribution in [2.45, 2.75) is 116 Å². The lowest BCUT2D eigenvalue weighted by molar-refractivity contribution is 0.0964. The van der Waals surface area contributed by atoms with Crippen molar-refractivity contribution in [1.82, 2.24) is 0 Å². The van der Waals surface area contributed by atoms with Crippen LogP contribution in [0.2, 0.25) is 5.02 Å². The van der Waals surface area contributed by atoms with Crippen molar-refractivity contribution in [2.75, 3.05) is 5.33 Å². The summed E-state index contributed by atoms with van der Waals surface area (Å²) in [6.07, 6.45) is 9.33. The summed E-state index contributed by atoms with van der Waals surface area (Å²) in [5.41, 5.74) is 24.5. The maximum Gasteiger partial charge on any atom is 0.176 e. The molecule has 0 spiro atoms. The third kappa shape index (κ3) is 11.4. The van der Waals surface area contributed by atoms with Crippen LogP contribution < -0.4 is 18.9 Å². The van der Waals surface area contributed by atoms with Crippen LogP contribution in [0.4, 0.5) is 0 Å². The molecule has 0 saturated heterocycles. The number of benzene rings is 8. The first-order chi connectivity index (χ1) is 42.6. The summed E-state index contributed by atoms with van der Waals surface area (Å²) < 4.78 is 23.4. The summed E-state index contributed by atoms with van der Waals surface area (Å²) in [6.45, 7) is 9.51. The van der Waals surface area contributed by atoms with Crippen molar-refractivity contribution in [2.24, 2.45) is 0 Å². The van der Waals surface area contributed by atoms with Gasteiger partial charge in [0.15, 0.2) is 34.7 Å². The lowest BCUT2D eigenvalue weighted by atomic mass is 9.85. The largest absolute Gasteiger partial charge is 0.488 e. The second-order valence-electron chi connectivity index (χ2n) is 23.7. The Morgan fingerprint density at radius 1 is 0.432 bits per heavy atom. The molecule has 88 heavy (non-hydrogen) atoms. The first kappa shape index (κ1) is 59.0. The Morgan fingerprint density at radius 2 is 0.795 bits per heavy atom. The zero-order valence-corrected chi connectivity index (χ0v) is 52.8. The van der Waals surface area contributed by atoms with E-state index in [9.17, 15) is 28.8 Å². The summed E-state index contributed by atoms with van der Waals surface area (Å²) in [5.74, 6) is 4.12. The molecule has 8 aromatic carbocycles. The molecule has 0 amide bonds. The molecule has 0 aromatic heterocycles. The standard InChI is InChI=1S/C20H18O2.C19H14Br2O3.C19H16O3.C17H13ClO2/c1-12(2)13-6-7-16-15(8-13)11-22-20-10-17-14(9-18(16)20)4-3-5-19(17)21;20-8-17(22)11-1-3-13-12(5-11)9-24-18-7-14-10(6-15(13)18)2-4-16(21)19(14)23;1-11(20)12-5-6-15-14(7-12)10-22-19-9-16-13(8-17(15)19)3-2-4-18(16)21;18-12-4-5-13-11(6-12)9-20-17-8-14-10(7-15(13)17)2-1-3-16(14)19/h6-10H,1,3-5,11H2,2H3;1,3,5-7,16H,2,4,8-9H2;5-9H,2-4,10H2,1H3;4-8H,1-3,9H2. The van der Waals surface area contributed by atoms with Gasteiger partial charge in [-0.15, -0.1) is 0 Å². The highest BCUT2D eigenvalue weighted by molar-refractivity contribution is 9.10. The van der Waals surface area contributed by atoms with E-state index in [1.54, 1.807) is 6.92 Å². The van der Waals surface area contributed by atoms with Crippen LogP contribution in [0.3, 0.4) is 0 Å². The van der Waals surface area contributed by atoms with E-state index in [1.165, 1.54) is 11.1 Å². The van der Waals surface area contributed by atoms with Crippen LogP contribution in [0.1, 0.15) is 171 Å². The number of hydrogen-bond donors (Lipinski definition) is 0. The van der Waals surface area contributed by atoms with Gasteiger partial charge in [0.25, 0.3) is 0 Å². The highest BCUT2D eigenvalue weighted by atomic mass is 79.9. The monoisotopic (exact) mass is 1310 g/mol. The second kappa shape index (κ2) is 24.5. The first-order valence-electron chi connectivity index (χ1n) is 30.0. The molecular formula is C75H61Br2ClO10. The summed E-state index contributed by atoms with van der Waals surface area (Å²) in [5, 5.41) is 1.04. The van der Waals surface area contributed by atoms with Gasteiger partial charge in [-0.2, -0.15) is 0 Å². The number of rotatable bonds is 4. The van der Waals surface area contributed by atoms with E-state index in [0.29, 0.717) is 62.1 Å². The van der Waals surface area contributed by atoms with Crippen LogP contribution in [0.15, 0.2) is 128 Å². The fraction of sp³-hybridized carbons (Fsp3) is 0.253. The molecule has 4 heterocycles. The van der Waals surface area contributed by atoms with E-state index >= 15 is 0 Å². The Bertz CT molecular complexity index is 4210. The zero-order chi connectivity index (χ0) is 61.1. The van der Waals surface area contributed by atoms with Gasteiger partial charge in [-0.1, -0.05) is 98.1 Å². The molecule has 13 heteroatoms. The Morgan fingerprint density at radius 3 is 1.22 bits per heavy atom. The molecule has 4 aliphatic heterocycles. The highest BCUT2D eigenvalue weighted by Crippen LogP contribution is 2.46. The van der Waals surface area contributed by atoms with E-state index < -0.39 is 0 Å². The molecule has 0 N–H and O–H groups in total. The minimum atomic E-state index is -0.100. The predicted octanol–water partition coefficient (Wildman–Crippen LogP) is 17.9. The molecule has 10 nitrogen and oxygen atoms in total. The van der Waals surface area contributed by atoms with Crippen LogP contribution in [-0.4, -0.2) is 44.9 Å². The number of allylic oxidation sites excluding steroid dienone is 1.